The second kappa shape index (κ2) is 5.61. The molecule has 0 amide bonds. The predicted octanol–water partition coefficient (Wildman–Crippen LogP) is 1.83. The first-order valence-electron chi connectivity index (χ1n) is 5.78. The summed E-state index contributed by atoms with van der Waals surface area (Å²) < 4.78 is 0. The van der Waals surface area contributed by atoms with Gasteiger partial charge in [-0.25, -0.2) is 4.98 Å². The Morgan fingerprint density at radius 2 is 2.06 bits per heavy atom. The standard InChI is InChI=1S/C11H19N5O2/c1-7(2)6-15(5)10-9(16(17)18)8(3)13-11(12-4)14-10/h7H,6H2,1-5H3,(H,12,13,14). The quantitative estimate of drug-likeness (QED) is 0.636. The van der Waals surface area contributed by atoms with Crippen molar-refractivity contribution in [3.05, 3.63) is 15.8 Å². The van der Waals surface area contributed by atoms with Gasteiger partial charge in [0.15, 0.2) is 0 Å². The molecular weight excluding hydrogens is 234 g/mol. The number of nitrogens with zero attached hydrogens (tertiary/aromatic N) is 4. The molecule has 0 aliphatic heterocycles. The lowest BCUT2D eigenvalue weighted by molar-refractivity contribution is -0.385. The maximum atomic E-state index is 11.1. The van der Waals surface area contributed by atoms with Gasteiger partial charge in [0.05, 0.1) is 4.92 Å². The molecule has 0 saturated carbocycles. The molecule has 1 aromatic heterocycles. The smallest absolute Gasteiger partial charge is 0.332 e. The highest BCUT2D eigenvalue weighted by atomic mass is 16.6. The first-order chi connectivity index (χ1) is 8.36. The van der Waals surface area contributed by atoms with E-state index in [4.69, 9.17) is 0 Å². The number of anilines is 2. The van der Waals surface area contributed by atoms with Gasteiger partial charge in [-0.15, -0.1) is 0 Å². The van der Waals surface area contributed by atoms with E-state index in [-0.39, 0.29) is 5.69 Å². The monoisotopic (exact) mass is 253 g/mol. The van der Waals surface area contributed by atoms with Crippen LogP contribution in [0.2, 0.25) is 0 Å². The molecule has 100 valence electrons. The Labute approximate surface area is 106 Å². The van der Waals surface area contributed by atoms with Gasteiger partial charge in [-0.3, -0.25) is 10.1 Å². The highest BCUT2D eigenvalue weighted by Crippen LogP contribution is 2.29. The molecule has 0 radical (unpaired) electrons. The van der Waals surface area contributed by atoms with Crippen molar-refractivity contribution >= 4 is 17.5 Å². The second-order valence-corrected chi connectivity index (χ2v) is 4.59. The predicted molar refractivity (Wildman–Crippen MR) is 71.1 cm³/mol. The van der Waals surface area contributed by atoms with Gasteiger partial charge in [-0.05, 0) is 12.8 Å². The zero-order valence-corrected chi connectivity index (χ0v) is 11.4. The van der Waals surface area contributed by atoms with Crippen molar-refractivity contribution in [3.63, 3.8) is 0 Å². The van der Waals surface area contributed by atoms with Crippen molar-refractivity contribution in [1.29, 1.82) is 0 Å². The summed E-state index contributed by atoms with van der Waals surface area (Å²) in [7, 11) is 3.49. The average molecular weight is 253 g/mol. The fraction of sp³-hybridized carbons (Fsp3) is 0.636. The van der Waals surface area contributed by atoms with Crippen molar-refractivity contribution < 1.29 is 4.92 Å². The molecule has 1 rings (SSSR count). The fourth-order valence-electron chi connectivity index (χ4n) is 1.78. The van der Waals surface area contributed by atoms with Crippen LogP contribution in [0.15, 0.2) is 0 Å². The molecular formula is C11H19N5O2. The van der Waals surface area contributed by atoms with Gasteiger partial charge in [0.25, 0.3) is 0 Å². The number of nitrogens with one attached hydrogen (secondary N) is 1. The van der Waals surface area contributed by atoms with Crippen LogP contribution < -0.4 is 10.2 Å². The third kappa shape index (κ3) is 3.06. The van der Waals surface area contributed by atoms with Gasteiger partial charge in [0, 0.05) is 20.6 Å². The summed E-state index contributed by atoms with van der Waals surface area (Å²) in [5, 5.41) is 13.9. The minimum atomic E-state index is -0.430. The molecule has 7 nitrogen and oxygen atoms in total. The third-order valence-corrected chi connectivity index (χ3v) is 2.45. The van der Waals surface area contributed by atoms with Gasteiger partial charge >= 0.3 is 5.69 Å². The first-order valence-corrected chi connectivity index (χ1v) is 5.78. The molecule has 0 aliphatic rings. The van der Waals surface area contributed by atoms with Crippen LogP contribution in [-0.2, 0) is 0 Å². The summed E-state index contributed by atoms with van der Waals surface area (Å²) in [6.07, 6.45) is 0. The normalized spacial score (nSPS) is 10.6. The van der Waals surface area contributed by atoms with E-state index in [9.17, 15) is 10.1 Å². The fourth-order valence-corrected chi connectivity index (χ4v) is 1.78. The molecule has 0 spiro atoms. The van der Waals surface area contributed by atoms with Gasteiger partial charge in [-0.1, -0.05) is 13.8 Å². The number of hydrogen-bond acceptors (Lipinski definition) is 6. The van der Waals surface area contributed by atoms with E-state index in [1.807, 2.05) is 0 Å². The van der Waals surface area contributed by atoms with E-state index in [0.29, 0.717) is 29.9 Å². The van der Waals surface area contributed by atoms with Gasteiger partial charge in [0.1, 0.15) is 5.69 Å². The Kier molecular flexibility index (Phi) is 4.41. The second-order valence-electron chi connectivity index (χ2n) is 4.59. The number of aryl methyl sites for hydroxylation is 1. The Balaban J connectivity index is 3.29. The molecule has 0 bridgehead atoms. The Morgan fingerprint density at radius 3 is 2.50 bits per heavy atom. The summed E-state index contributed by atoms with van der Waals surface area (Å²) in [5.41, 5.74) is 0.335. The molecule has 0 saturated heterocycles. The zero-order chi connectivity index (χ0) is 13.9. The van der Waals surface area contributed by atoms with Crippen molar-refractivity contribution in [2.45, 2.75) is 20.8 Å². The number of hydrogen-bond donors (Lipinski definition) is 1. The first kappa shape index (κ1) is 14.1. The topological polar surface area (TPSA) is 84.2 Å². The van der Waals surface area contributed by atoms with E-state index in [1.165, 1.54) is 0 Å². The minimum Gasteiger partial charge on any atom is -0.357 e. The van der Waals surface area contributed by atoms with Crippen LogP contribution in [0.1, 0.15) is 19.5 Å². The molecule has 0 atom stereocenters. The van der Waals surface area contributed by atoms with Crippen LogP contribution in [0.4, 0.5) is 17.5 Å². The Morgan fingerprint density at radius 1 is 1.44 bits per heavy atom. The van der Waals surface area contributed by atoms with Gasteiger partial charge in [0.2, 0.25) is 11.8 Å². The Hall–Kier alpha value is -1.92. The molecule has 1 heterocycles. The summed E-state index contributed by atoms with van der Waals surface area (Å²) >= 11 is 0. The van der Waals surface area contributed by atoms with Crippen molar-refractivity contribution in [1.82, 2.24) is 9.97 Å². The highest BCUT2D eigenvalue weighted by Gasteiger charge is 2.24. The molecule has 0 aliphatic carbocycles. The van der Waals surface area contributed by atoms with Crippen LogP contribution in [0, 0.1) is 23.0 Å². The van der Waals surface area contributed by atoms with E-state index in [2.05, 4.69) is 29.1 Å². The van der Waals surface area contributed by atoms with Crippen LogP contribution in [0.25, 0.3) is 0 Å². The lowest BCUT2D eigenvalue weighted by Gasteiger charge is -2.20. The summed E-state index contributed by atoms with van der Waals surface area (Å²) in [4.78, 5) is 20.7. The lowest BCUT2D eigenvalue weighted by Crippen LogP contribution is -2.25. The average Bonchev–Trinajstić information content (AvgIpc) is 2.26. The number of rotatable bonds is 5. The van der Waals surface area contributed by atoms with E-state index < -0.39 is 4.92 Å². The van der Waals surface area contributed by atoms with Crippen molar-refractivity contribution in [2.75, 3.05) is 30.9 Å². The minimum absolute atomic E-state index is 0.0304. The van der Waals surface area contributed by atoms with Crippen molar-refractivity contribution in [2.24, 2.45) is 5.92 Å². The SMILES string of the molecule is CNc1nc(C)c([N+](=O)[O-])c(N(C)CC(C)C)n1. The number of nitro groups is 1. The van der Waals surface area contributed by atoms with Crippen molar-refractivity contribution in [3.8, 4) is 0 Å². The summed E-state index contributed by atoms with van der Waals surface area (Å²) in [6.45, 7) is 6.42. The molecule has 1 aromatic rings. The Bertz CT molecular complexity index is 447. The van der Waals surface area contributed by atoms with E-state index in [0.717, 1.165) is 0 Å². The molecule has 7 heteroatoms. The van der Waals surface area contributed by atoms with Crippen LogP contribution in [0.5, 0.6) is 0 Å². The maximum Gasteiger partial charge on any atom is 0.332 e. The molecule has 0 aromatic carbocycles. The van der Waals surface area contributed by atoms with Crippen LogP contribution in [-0.4, -0.2) is 35.5 Å². The highest BCUT2D eigenvalue weighted by molar-refractivity contribution is 5.62. The van der Waals surface area contributed by atoms with Gasteiger partial charge < -0.3 is 10.2 Å². The summed E-state index contributed by atoms with van der Waals surface area (Å²) in [6, 6.07) is 0. The third-order valence-electron chi connectivity index (χ3n) is 2.45. The molecule has 0 fully saturated rings. The zero-order valence-electron chi connectivity index (χ0n) is 11.4. The molecule has 1 N–H and O–H groups in total. The van der Waals surface area contributed by atoms with Gasteiger partial charge in [-0.2, -0.15) is 4.98 Å². The van der Waals surface area contributed by atoms with E-state index in [1.54, 1.807) is 25.9 Å². The molecule has 0 unspecified atom stereocenters. The lowest BCUT2D eigenvalue weighted by atomic mass is 10.2. The largest absolute Gasteiger partial charge is 0.357 e. The molecule has 18 heavy (non-hydrogen) atoms. The summed E-state index contributed by atoms with van der Waals surface area (Å²) in [5.74, 6) is 1.14. The van der Waals surface area contributed by atoms with Crippen LogP contribution in [0.3, 0.4) is 0 Å². The maximum absolute atomic E-state index is 11.1. The number of aromatic nitrogens is 2. The van der Waals surface area contributed by atoms with Crippen LogP contribution >= 0.6 is 0 Å². The van der Waals surface area contributed by atoms with E-state index >= 15 is 0 Å².